The Balaban J connectivity index is 3.52. The van der Waals surface area contributed by atoms with Gasteiger partial charge in [-0.3, -0.25) is 4.79 Å². The summed E-state index contributed by atoms with van der Waals surface area (Å²) in [5, 5.41) is 9.60. The molecule has 4 nitrogen and oxygen atoms in total. The molecule has 0 saturated heterocycles. The molecular weight excluding hydrogens is 629 g/mol. The van der Waals surface area contributed by atoms with Crippen LogP contribution >= 0.6 is 0 Å². The van der Waals surface area contributed by atoms with Gasteiger partial charge in [-0.05, 0) is 89.9 Å². The number of carbonyl (C=O) groups excluding carboxylic acids is 1. The Hall–Kier alpha value is -2.43. The topological polar surface area (TPSA) is 55.8 Å². The maximum Gasteiger partial charge on any atom is 0.306 e. The highest BCUT2D eigenvalue weighted by molar-refractivity contribution is 5.69. The van der Waals surface area contributed by atoms with Crippen molar-refractivity contribution < 1.29 is 19.4 Å². The highest BCUT2D eigenvalue weighted by Gasteiger charge is 2.13. The lowest BCUT2D eigenvalue weighted by Gasteiger charge is -2.15. The zero-order valence-corrected chi connectivity index (χ0v) is 33.3. The van der Waals surface area contributed by atoms with Gasteiger partial charge in [0.15, 0.2) is 0 Å². The molecule has 0 aliphatic heterocycles. The Morgan fingerprint density at radius 3 is 1.33 bits per heavy atom. The van der Waals surface area contributed by atoms with Crippen LogP contribution in [-0.4, -0.2) is 37.0 Å². The van der Waals surface area contributed by atoms with Crippen molar-refractivity contribution in [1.82, 2.24) is 0 Å². The largest absolute Gasteiger partial charge is 0.457 e. The second kappa shape index (κ2) is 43.7. The van der Waals surface area contributed by atoms with Gasteiger partial charge in [0.25, 0.3) is 0 Å². The number of allylic oxidation sites excluding steroid dienone is 14. The normalized spacial score (nSPS) is 13.2. The number of hydrogen-bond donors (Lipinski definition) is 1. The molecule has 51 heavy (non-hydrogen) atoms. The van der Waals surface area contributed by atoms with Crippen LogP contribution in [-0.2, 0) is 14.3 Å². The van der Waals surface area contributed by atoms with Gasteiger partial charge in [-0.2, -0.15) is 0 Å². The summed E-state index contributed by atoms with van der Waals surface area (Å²) >= 11 is 0. The van der Waals surface area contributed by atoms with Crippen molar-refractivity contribution in [2.75, 3.05) is 19.8 Å². The molecule has 0 heterocycles. The molecular formula is C47H80O4. The Labute approximate surface area is 316 Å². The quantitative estimate of drug-likeness (QED) is 0.0394. The number of unbranched alkanes of at least 4 members (excludes halogenated alkanes) is 16. The molecule has 0 aromatic heterocycles. The van der Waals surface area contributed by atoms with Gasteiger partial charge in [-0.1, -0.05) is 170 Å². The van der Waals surface area contributed by atoms with E-state index in [0.717, 1.165) is 77.0 Å². The van der Waals surface area contributed by atoms with Crippen LogP contribution in [0.4, 0.5) is 0 Å². The second-order valence-electron chi connectivity index (χ2n) is 13.7. The number of esters is 1. The minimum atomic E-state index is -0.551. The first-order valence-corrected chi connectivity index (χ1v) is 21.2. The molecule has 0 bridgehead atoms. The van der Waals surface area contributed by atoms with Gasteiger partial charge in [-0.15, -0.1) is 0 Å². The molecule has 292 valence electrons. The number of rotatable bonds is 38. The minimum Gasteiger partial charge on any atom is -0.457 e. The third-order valence-corrected chi connectivity index (χ3v) is 8.70. The van der Waals surface area contributed by atoms with Gasteiger partial charge in [0.1, 0.15) is 6.10 Å². The summed E-state index contributed by atoms with van der Waals surface area (Å²) in [6, 6.07) is 0. The van der Waals surface area contributed by atoms with E-state index in [4.69, 9.17) is 9.47 Å². The van der Waals surface area contributed by atoms with Crippen LogP contribution in [0.2, 0.25) is 0 Å². The van der Waals surface area contributed by atoms with E-state index in [0.29, 0.717) is 13.0 Å². The highest BCUT2D eigenvalue weighted by atomic mass is 16.6. The van der Waals surface area contributed by atoms with E-state index in [1.54, 1.807) is 0 Å². The molecule has 1 atom stereocenters. The summed E-state index contributed by atoms with van der Waals surface area (Å²) in [6.45, 7) is 5.16. The standard InChI is InChI=1S/C47H80O4/c1-3-5-7-9-11-13-15-17-19-21-22-23-24-25-26-27-28-30-32-34-36-38-40-42-47(49)51-46(44-48)45-50-43-41-39-37-35-33-31-29-20-18-16-14-12-10-8-6-4-2/h5,7,11-14,17-20,22-23,25-26,46,48H,3-4,6,8-10,15-16,21,24,27-45H2,1-2H3/b7-5-,13-11-,14-12-,19-17-,20-18-,23-22-,26-25-. The molecule has 1 unspecified atom stereocenters. The lowest BCUT2D eigenvalue weighted by Crippen LogP contribution is -2.27. The summed E-state index contributed by atoms with van der Waals surface area (Å²) in [5.41, 5.74) is 0. The second-order valence-corrected chi connectivity index (χ2v) is 13.7. The van der Waals surface area contributed by atoms with Crippen LogP contribution in [0.3, 0.4) is 0 Å². The maximum absolute atomic E-state index is 12.2. The zero-order valence-electron chi connectivity index (χ0n) is 33.3. The van der Waals surface area contributed by atoms with Gasteiger partial charge in [0.05, 0.1) is 13.2 Å². The van der Waals surface area contributed by atoms with Gasteiger partial charge in [0.2, 0.25) is 0 Å². The van der Waals surface area contributed by atoms with Crippen molar-refractivity contribution in [3.05, 3.63) is 85.1 Å². The van der Waals surface area contributed by atoms with Crippen molar-refractivity contribution in [3.63, 3.8) is 0 Å². The molecule has 0 saturated carbocycles. The van der Waals surface area contributed by atoms with Crippen molar-refractivity contribution in [2.45, 2.75) is 187 Å². The number of ether oxygens (including phenoxy) is 2. The molecule has 0 aliphatic carbocycles. The van der Waals surface area contributed by atoms with Crippen LogP contribution in [0.1, 0.15) is 181 Å². The minimum absolute atomic E-state index is 0.185. The van der Waals surface area contributed by atoms with Crippen molar-refractivity contribution >= 4 is 5.97 Å². The number of aliphatic hydroxyl groups excluding tert-OH is 1. The smallest absolute Gasteiger partial charge is 0.306 e. The van der Waals surface area contributed by atoms with E-state index < -0.39 is 6.10 Å². The first-order chi connectivity index (χ1) is 25.2. The first kappa shape index (κ1) is 48.6. The van der Waals surface area contributed by atoms with Crippen molar-refractivity contribution in [3.8, 4) is 0 Å². The molecule has 0 spiro atoms. The molecule has 0 fully saturated rings. The fourth-order valence-electron chi connectivity index (χ4n) is 5.56. The summed E-state index contributed by atoms with van der Waals surface area (Å²) in [7, 11) is 0. The molecule has 0 amide bonds. The predicted octanol–water partition coefficient (Wildman–Crippen LogP) is 14.0. The van der Waals surface area contributed by atoms with Crippen LogP contribution in [0.15, 0.2) is 85.1 Å². The lowest BCUT2D eigenvalue weighted by atomic mass is 10.1. The van der Waals surface area contributed by atoms with E-state index in [-0.39, 0.29) is 19.2 Å². The fraction of sp³-hybridized carbons (Fsp3) is 0.681. The van der Waals surface area contributed by atoms with Crippen LogP contribution in [0.5, 0.6) is 0 Å². The summed E-state index contributed by atoms with van der Waals surface area (Å²) < 4.78 is 11.1. The predicted molar refractivity (Wildman–Crippen MR) is 223 cm³/mol. The van der Waals surface area contributed by atoms with Gasteiger partial charge in [-0.25, -0.2) is 0 Å². The average molecular weight is 709 g/mol. The number of carbonyl (C=O) groups is 1. The zero-order chi connectivity index (χ0) is 37.0. The molecule has 0 radical (unpaired) electrons. The Kier molecular flexibility index (Phi) is 41.6. The summed E-state index contributed by atoms with van der Waals surface area (Å²) in [6.07, 6.45) is 60.6. The van der Waals surface area contributed by atoms with Crippen LogP contribution in [0.25, 0.3) is 0 Å². The molecule has 0 aliphatic rings. The van der Waals surface area contributed by atoms with Gasteiger partial charge in [0, 0.05) is 13.0 Å². The average Bonchev–Trinajstić information content (AvgIpc) is 3.14. The van der Waals surface area contributed by atoms with Gasteiger partial charge >= 0.3 is 5.97 Å². The third-order valence-electron chi connectivity index (χ3n) is 8.70. The Bertz CT molecular complexity index is 923. The van der Waals surface area contributed by atoms with Crippen LogP contribution < -0.4 is 0 Å². The maximum atomic E-state index is 12.2. The molecule has 0 rings (SSSR count). The molecule has 0 aromatic carbocycles. The van der Waals surface area contributed by atoms with Crippen molar-refractivity contribution in [1.29, 1.82) is 0 Å². The van der Waals surface area contributed by atoms with Crippen LogP contribution in [0, 0.1) is 0 Å². The first-order valence-electron chi connectivity index (χ1n) is 21.2. The summed E-state index contributed by atoms with van der Waals surface area (Å²) in [5.74, 6) is -0.219. The molecule has 4 heteroatoms. The fourth-order valence-corrected chi connectivity index (χ4v) is 5.56. The van der Waals surface area contributed by atoms with E-state index in [9.17, 15) is 9.90 Å². The molecule has 0 aromatic rings. The van der Waals surface area contributed by atoms with E-state index in [1.807, 2.05) is 0 Å². The molecule has 1 N–H and O–H groups in total. The SMILES string of the molecule is CC/C=C\C/C=C\C/C=C\C/C=C\C/C=C\CCCCCCCCCC(=O)OC(CO)COCCCCCCCC/C=C\C/C=C\CCCCC. The Morgan fingerprint density at radius 2 is 0.882 bits per heavy atom. The lowest BCUT2D eigenvalue weighted by molar-refractivity contribution is -0.154. The summed E-state index contributed by atoms with van der Waals surface area (Å²) in [4.78, 5) is 12.2. The van der Waals surface area contributed by atoms with Gasteiger partial charge < -0.3 is 14.6 Å². The third kappa shape index (κ3) is 41.9. The van der Waals surface area contributed by atoms with Crippen molar-refractivity contribution in [2.24, 2.45) is 0 Å². The van der Waals surface area contributed by atoms with E-state index in [1.165, 1.54) is 83.5 Å². The monoisotopic (exact) mass is 709 g/mol. The number of aliphatic hydroxyl groups is 1. The Morgan fingerprint density at radius 1 is 0.490 bits per heavy atom. The number of hydrogen-bond acceptors (Lipinski definition) is 4. The van der Waals surface area contributed by atoms with E-state index in [2.05, 4.69) is 98.9 Å². The van der Waals surface area contributed by atoms with E-state index >= 15 is 0 Å². The highest BCUT2D eigenvalue weighted by Crippen LogP contribution is 2.12.